The number of amides is 4. The molecule has 23 heavy (non-hydrogen) atoms. The number of rotatable bonds is 2. The Kier molecular flexibility index (Phi) is 3.77. The summed E-state index contributed by atoms with van der Waals surface area (Å²) in [5.74, 6) is -2.04. The van der Waals surface area contributed by atoms with Crippen molar-refractivity contribution in [2.24, 2.45) is 0 Å². The summed E-state index contributed by atoms with van der Waals surface area (Å²) in [6.45, 7) is 0. The molecule has 1 heterocycles. The van der Waals surface area contributed by atoms with Crippen LogP contribution in [0.3, 0.4) is 0 Å². The lowest BCUT2D eigenvalue weighted by Gasteiger charge is -2.31. The number of aromatic hydroxyl groups is 2. The maximum atomic E-state index is 12.6. The Morgan fingerprint density at radius 1 is 1.09 bits per heavy atom. The van der Waals surface area contributed by atoms with Gasteiger partial charge in [0.2, 0.25) is 0 Å². The summed E-state index contributed by atoms with van der Waals surface area (Å²) >= 11 is 0. The second-order valence-corrected chi connectivity index (χ2v) is 5.68. The molecule has 7 heteroatoms. The van der Waals surface area contributed by atoms with E-state index in [1.54, 1.807) is 0 Å². The van der Waals surface area contributed by atoms with Crippen LogP contribution in [0.1, 0.15) is 31.2 Å². The van der Waals surface area contributed by atoms with Crippen LogP contribution in [0, 0.1) is 0 Å². The summed E-state index contributed by atoms with van der Waals surface area (Å²) in [5.41, 5.74) is 0.209. The first-order chi connectivity index (χ1) is 11.0. The largest absolute Gasteiger partial charge is 0.504 e. The fourth-order valence-electron chi connectivity index (χ4n) is 2.96. The monoisotopic (exact) mass is 316 g/mol. The van der Waals surface area contributed by atoms with Gasteiger partial charge in [-0.25, -0.2) is 4.79 Å². The summed E-state index contributed by atoms with van der Waals surface area (Å²) in [6, 6.07) is 3.08. The molecule has 120 valence electrons. The fraction of sp³-hybridized carbons (Fsp3) is 0.312. The van der Waals surface area contributed by atoms with Crippen LogP contribution in [0.15, 0.2) is 23.8 Å². The molecule has 3 rings (SSSR count). The van der Waals surface area contributed by atoms with E-state index in [0.29, 0.717) is 5.56 Å². The van der Waals surface area contributed by atoms with E-state index in [2.05, 4.69) is 5.32 Å². The van der Waals surface area contributed by atoms with Gasteiger partial charge < -0.3 is 10.2 Å². The Bertz CT molecular complexity index is 719. The quantitative estimate of drug-likeness (QED) is 0.435. The molecule has 0 aromatic heterocycles. The van der Waals surface area contributed by atoms with Crippen LogP contribution in [0.2, 0.25) is 0 Å². The van der Waals surface area contributed by atoms with Crippen LogP contribution in [0.4, 0.5) is 4.79 Å². The number of barbiturate groups is 1. The second-order valence-electron chi connectivity index (χ2n) is 5.68. The van der Waals surface area contributed by atoms with E-state index in [4.69, 9.17) is 0 Å². The molecule has 0 unspecified atom stereocenters. The van der Waals surface area contributed by atoms with Gasteiger partial charge in [0.15, 0.2) is 11.5 Å². The molecule has 7 nitrogen and oxygen atoms in total. The van der Waals surface area contributed by atoms with Crippen molar-refractivity contribution in [3.63, 3.8) is 0 Å². The number of carbonyl (C=O) groups is 3. The maximum Gasteiger partial charge on any atom is 0.331 e. The molecule has 0 spiro atoms. The molecule has 2 fully saturated rings. The first kappa shape index (κ1) is 15.1. The van der Waals surface area contributed by atoms with E-state index >= 15 is 0 Å². The number of urea groups is 1. The topological polar surface area (TPSA) is 107 Å². The number of nitrogens with one attached hydrogen (secondary N) is 1. The van der Waals surface area contributed by atoms with Gasteiger partial charge in [-0.1, -0.05) is 18.9 Å². The molecule has 0 radical (unpaired) electrons. The third-order valence-electron chi connectivity index (χ3n) is 4.13. The minimum atomic E-state index is -0.762. The fourth-order valence-corrected chi connectivity index (χ4v) is 2.96. The van der Waals surface area contributed by atoms with Gasteiger partial charge in [-0.15, -0.1) is 0 Å². The van der Waals surface area contributed by atoms with E-state index < -0.39 is 17.8 Å². The third kappa shape index (κ3) is 2.77. The minimum absolute atomic E-state index is 0.165. The highest BCUT2D eigenvalue weighted by molar-refractivity contribution is 6.31. The summed E-state index contributed by atoms with van der Waals surface area (Å²) in [4.78, 5) is 37.6. The highest BCUT2D eigenvalue weighted by Gasteiger charge is 2.40. The van der Waals surface area contributed by atoms with Crippen LogP contribution < -0.4 is 5.32 Å². The molecule has 2 aliphatic rings. The van der Waals surface area contributed by atoms with Gasteiger partial charge in [0, 0.05) is 6.04 Å². The number of hydrogen-bond acceptors (Lipinski definition) is 5. The lowest BCUT2D eigenvalue weighted by atomic mass is 10.0. The SMILES string of the molecule is O=C1NC(=O)N(C2CCCC2)C(=O)/C1=C/c1ccc(O)c(O)c1. The Morgan fingerprint density at radius 3 is 2.43 bits per heavy atom. The lowest BCUT2D eigenvalue weighted by molar-refractivity contribution is -0.131. The number of nitrogens with zero attached hydrogens (tertiary/aromatic N) is 1. The zero-order valence-electron chi connectivity index (χ0n) is 12.3. The maximum absolute atomic E-state index is 12.6. The van der Waals surface area contributed by atoms with Crippen molar-refractivity contribution in [3.05, 3.63) is 29.3 Å². The molecule has 1 aliphatic heterocycles. The molecule has 1 aromatic carbocycles. The first-order valence-corrected chi connectivity index (χ1v) is 7.40. The standard InChI is InChI=1S/C16H16N2O5/c19-12-6-5-9(8-13(12)20)7-11-14(21)17-16(23)18(15(11)22)10-3-1-2-4-10/h5-8,10,19-20H,1-4H2,(H,17,21,23)/b11-7+. The average molecular weight is 316 g/mol. The predicted molar refractivity (Wildman–Crippen MR) is 80.4 cm³/mol. The van der Waals surface area contributed by atoms with Crippen LogP contribution in [-0.2, 0) is 9.59 Å². The molecule has 4 amide bonds. The highest BCUT2D eigenvalue weighted by atomic mass is 16.3. The Morgan fingerprint density at radius 2 is 1.78 bits per heavy atom. The van der Waals surface area contributed by atoms with E-state index in [1.807, 2.05) is 0 Å². The summed E-state index contributed by atoms with van der Waals surface area (Å²) in [5, 5.41) is 21.0. The molecule has 1 saturated carbocycles. The van der Waals surface area contributed by atoms with Crippen molar-refractivity contribution < 1.29 is 24.6 Å². The van der Waals surface area contributed by atoms with E-state index in [1.165, 1.54) is 24.3 Å². The van der Waals surface area contributed by atoms with Gasteiger partial charge in [0.1, 0.15) is 5.57 Å². The van der Waals surface area contributed by atoms with Crippen LogP contribution in [0.5, 0.6) is 11.5 Å². The zero-order chi connectivity index (χ0) is 16.6. The van der Waals surface area contributed by atoms with Crippen molar-refractivity contribution in [1.29, 1.82) is 0 Å². The molecule has 1 saturated heterocycles. The van der Waals surface area contributed by atoms with Gasteiger partial charge in [0.25, 0.3) is 11.8 Å². The third-order valence-corrected chi connectivity index (χ3v) is 4.13. The van der Waals surface area contributed by atoms with Crippen LogP contribution in [-0.4, -0.2) is 39.0 Å². The van der Waals surface area contributed by atoms with E-state index in [-0.39, 0.29) is 23.1 Å². The molecular weight excluding hydrogens is 300 g/mol. The summed E-state index contributed by atoms with van der Waals surface area (Å²) < 4.78 is 0. The van der Waals surface area contributed by atoms with Crippen LogP contribution >= 0.6 is 0 Å². The first-order valence-electron chi connectivity index (χ1n) is 7.40. The van der Waals surface area contributed by atoms with Gasteiger partial charge in [-0.05, 0) is 36.6 Å². The van der Waals surface area contributed by atoms with Crippen molar-refractivity contribution >= 4 is 23.9 Å². The lowest BCUT2D eigenvalue weighted by Crippen LogP contribution is -2.57. The average Bonchev–Trinajstić information content (AvgIpc) is 3.01. The van der Waals surface area contributed by atoms with Crippen molar-refractivity contribution in [2.75, 3.05) is 0 Å². The predicted octanol–water partition coefficient (Wildman–Crippen LogP) is 1.50. The Hall–Kier alpha value is -2.83. The van der Waals surface area contributed by atoms with Crippen LogP contribution in [0.25, 0.3) is 6.08 Å². The van der Waals surface area contributed by atoms with Gasteiger partial charge in [-0.2, -0.15) is 0 Å². The highest BCUT2D eigenvalue weighted by Crippen LogP contribution is 2.29. The molecule has 3 N–H and O–H groups in total. The molecule has 1 aromatic rings. The van der Waals surface area contributed by atoms with Crippen molar-refractivity contribution in [2.45, 2.75) is 31.7 Å². The second kappa shape index (κ2) is 5.75. The number of phenols is 2. The molecule has 1 aliphatic carbocycles. The van der Waals surface area contributed by atoms with Crippen molar-refractivity contribution in [3.8, 4) is 11.5 Å². The number of imide groups is 2. The Balaban J connectivity index is 1.94. The van der Waals surface area contributed by atoms with E-state index in [0.717, 1.165) is 30.6 Å². The zero-order valence-corrected chi connectivity index (χ0v) is 12.3. The summed E-state index contributed by atoms with van der Waals surface area (Å²) in [6.07, 6.45) is 4.66. The van der Waals surface area contributed by atoms with Gasteiger partial charge in [0.05, 0.1) is 0 Å². The Labute approximate surface area is 132 Å². The van der Waals surface area contributed by atoms with Gasteiger partial charge >= 0.3 is 6.03 Å². The molecule has 0 bridgehead atoms. The smallest absolute Gasteiger partial charge is 0.331 e. The number of phenolic OH excluding ortho intramolecular Hbond substituents is 2. The summed E-state index contributed by atoms with van der Waals surface area (Å²) in [7, 11) is 0. The molecule has 0 atom stereocenters. The van der Waals surface area contributed by atoms with Gasteiger partial charge in [-0.3, -0.25) is 19.8 Å². The molecular formula is C16H16N2O5. The van der Waals surface area contributed by atoms with Crippen molar-refractivity contribution in [1.82, 2.24) is 10.2 Å². The van der Waals surface area contributed by atoms with E-state index in [9.17, 15) is 24.6 Å². The number of carbonyl (C=O) groups excluding carboxylic acids is 3. The number of hydrogen-bond donors (Lipinski definition) is 3. The number of benzene rings is 1. The minimum Gasteiger partial charge on any atom is -0.504 e. The normalized spacial score (nSPS) is 21.1.